The van der Waals surface area contributed by atoms with Gasteiger partial charge in [-0.25, -0.2) is 8.42 Å². The molecular weight excluding hydrogens is 258 g/mol. The quantitative estimate of drug-likeness (QED) is 0.757. The van der Waals surface area contributed by atoms with Gasteiger partial charge in [0.05, 0.1) is 18.6 Å². The van der Waals surface area contributed by atoms with Gasteiger partial charge in [-0.15, -0.1) is 0 Å². The molecule has 1 aromatic heterocycles. The van der Waals surface area contributed by atoms with Crippen molar-refractivity contribution in [1.29, 1.82) is 0 Å². The molecule has 0 radical (unpaired) electrons. The number of ether oxygens (including phenoxy) is 1. The van der Waals surface area contributed by atoms with Crippen LogP contribution in [0, 0.1) is 0 Å². The van der Waals surface area contributed by atoms with Gasteiger partial charge in [-0.05, 0) is 6.42 Å². The van der Waals surface area contributed by atoms with Gasteiger partial charge in [0, 0.05) is 13.1 Å². The van der Waals surface area contributed by atoms with Crippen molar-refractivity contribution >= 4 is 21.7 Å². The minimum absolute atomic E-state index is 0.107. The molecule has 0 saturated carbocycles. The second kappa shape index (κ2) is 4.92. The molecule has 1 aromatic rings. The summed E-state index contributed by atoms with van der Waals surface area (Å²) in [5.74, 6) is 0.986. The van der Waals surface area contributed by atoms with Crippen molar-refractivity contribution in [2.45, 2.75) is 12.5 Å². The molecule has 1 aliphatic rings. The van der Waals surface area contributed by atoms with E-state index in [0.29, 0.717) is 18.3 Å². The highest BCUT2D eigenvalue weighted by molar-refractivity contribution is 7.91. The number of hydrogen-bond acceptors (Lipinski definition) is 8. The lowest BCUT2D eigenvalue weighted by atomic mass is 10.3. The minimum Gasteiger partial charge on any atom is -0.467 e. The highest BCUT2D eigenvalue weighted by Gasteiger charge is 2.28. The van der Waals surface area contributed by atoms with Crippen molar-refractivity contribution in [2.24, 2.45) is 0 Å². The van der Waals surface area contributed by atoms with Crippen LogP contribution in [0.1, 0.15) is 6.42 Å². The van der Waals surface area contributed by atoms with E-state index < -0.39 is 9.84 Å². The van der Waals surface area contributed by atoms with Crippen LogP contribution in [-0.2, 0) is 9.84 Å². The van der Waals surface area contributed by atoms with Crippen LogP contribution in [0.2, 0.25) is 0 Å². The second-order valence-electron chi connectivity index (χ2n) is 3.96. The van der Waals surface area contributed by atoms with Crippen molar-refractivity contribution in [1.82, 2.24) is 15.0 Å². The first-order valence-corrected chi connectivity index (χ1v) is 7.29. The molecule has 1 aliphatic heterocycles. The summed E-state index contributed by atoms with van der Waals surface area (Å²) in [4.78, 5) is 12.1. The maximum atomic E-state index is 11.3. The Morgan fingerprint density at radius 3 is 2.56 bits per heavy atom. The molecule has 1 atom stereocenters. The van der Waals surface area contributed by atoms with Crippen LogP contribution in [-0.4, -0.2) is 55.1 Å². The van der Waals surface area contributed by atoms with Gasteiger partial charge in [-0.2, -0.15) is 15.0 Å². The lowest BCUT2D eigenvalue weighted by Gasteiger charge is -2.11. The molecule has 1 unspecified atom stereocenters. The molecule has 100 valence electrons. The normalized spacial score (nSPS) is 21.6. The van der Waals surface area contributed by atoms with E-state index in [2.05, 4.69) is 25.6 Å². The first-order valence-electron chi connectivity index (χ1n) is 5.47. The molecule has 9 heteroatoms. The molecule has 8 nitrogen and oxygen atoms in total. The Morgan fingerprint density at radius 2 is 2.00 bits per heavy atom. The molecule has 18 heavy (non-hydrogen) atoms. The molecule has 2 rings (SSSR count). The summed E-state index contributed by atoms with van der Waals surface area (Å²) < 4.78 is 27.6. The Labute approximate surface area is 105 Å². The third kappa shape index (κ3) is 2.97. The average Bonchev–Trinajstić information content (AvgIpc) is 2.68. The van der Waals surface area contributed by atoms with Gasteiger partial charge in [0.2, 0.25) is 11.9 Å². The van der Waals surface area contributed by atoms with E-state index in [9.17, 15) is 8.42 Å². The third-order valence-corrected chi connectivity index (χ3v) is 4.35. The van der Waals surface area contributed by atoms with Crippen molar-refractivity contribution < 1.29 is 13.2 Å². The Bertz CT molecular complexity index is 511. The van der Waals surface area contributed by atoms with Gasteiger partial charge in [0.15, 0.2) is 9.84 Å². The van der Waals surface area contributed by atoms with E-state index in [1.165, 1.54) is 7.11 Å². The smallest absolute Gasteiger partial charge is 0.322 e. The summed E-state index contributed by atoms with van der Waals surface area (Å²) in [6, 6.07) is 0.0181. The first-order chi connectivity index (χ1) is 8.52. The zero-order chi connectivity index (χ0) is 13.2. The van der Waals surface area contributed by atoms with Crippen LogP contribution in [0.3, 0.4) is 0 Å². The van der Waals surface area contributed by atoms with Gasteiger partial charge < -0.3 is 15.4 Å². The van der Waals surface area contributed by atoms with Crippen molar-refractivity contribution in [3.8, 4) is 6.01 Å². The molecule has 0 spiro atoms. The maximum Gasteiger partial charge on any atom is 0.322 e. The molecule has 0 bridgehead atoms. The fraction of sp³-hybridized carbons (Fsp3) is 0.667. The lowest BCUT2D eigenvalue weighted by Crippen LogP contribution is -2.22. The average molecular weight is 273 g/mol. The van der Waals surface area contributed by atoms with Crippen molar-refractivity contribution in [2.75, 3.05) is 36.3 Å². The summed E-state index contributed by atoms with van der Waals surface area (Å²) in [6.45, 7) is 0. The Balaban J connectivity index is 2.14. The number of sulfone groups is 1. The van der Waals surface area contributed by atoms with Crippen LogP contribution in [0.5, 0.6) is 6.01 Å². The highest BCUT2D eigenvalue weighted by atomic mass is 32.2. The molecule has 1 fully saturated rings. The van der Waals surface area contributed by atoms with E-state index in [1.54, 1.807) is 7.05 Å². The molecular formula is C9H15N5O3S. The predicted molar refractivity (Wildman–Crippen MR) is 66.6 cm³/mol. The maximum absolute atomic E-state index is 11.3. The van der Waals surface area contributed by atoms with E-state index in [1.807, 2.05) is 0 Å². The Kier molecular flexibility index (Phi) is 3.50. The van der Waals surface area contributed by atoms with E-state index in [-0.39, 0.29) is 23.6 Å². The number of nitrogens with one attached hydrogen (secondary N) is 2. The van der Waals surface area contributed by atoms with Crippen LogP contribution in [0.25, 0.3) is 0 Å². The van der Waals surface area contributed by atoms with Crippen LogP contribution in [0.4, 0.5) is 11.9 Å². The number of anilines is 2. The molecule has 0 aliphatic carbocycles. The summed E-state index contributed by atoms with van der Waals surface area (Å²) in [5.41, 5.74) is 0. The van der Waals surface area contributed by atoms with Gasteiger partial charge in [-0.1, -0.05) is 0 Å². The van der Waals surface area contributed by atoms with Crippen LogP contribution < -0.4 is 15.4 Å². The minimum atomic E-state index is -2.93. The fourth-order valence-corrected chi connectivity index (χ4v) is 3.39. The third-order valence-electron chi connectivity index (χ3n) is 2.59. The van der Waals surface area contributed by atoms with E-state index in [4.69, 9.17) is 4.74 Å². The monoisotopic (exact) mass is 273 g/mol. The highest BCUT2D eigenvalue weighted by Crippen LogP contribution is 2.17. The first kappa shape index (κ1) is 12.8. The largest absolute Gasteiger partial charge is 0.467 e. The van der Waals surface area contributed by atoms with E-state index >= 15 is 0 Å². The Hall–Kier alpha value is -1.64. The second-order valence-corrected chi connectivity index (χ2v) is 6.19. The standard InChI is InChI=1S/C9H15N5O3S/c1-10-7-12-8(14-9(13-7)17-2)11-6-3-4-18(15,16)5-6/h6H,3-5H2,1-2H3,(H2,10,11,12,13,14). The fourth-order valence-electron chi connectivity index (χ4n) is 1.72. The molecule has 1 saturated heterocycles. The number of methoxy groups -OCH3 is 1. The topological polar surface area (TPSA) is 106 Å². The number of nitrogens with zero attached hydrogens (tertiary/aromatic N) is 3. The van der Waals surface area contributed by atoms with Crippen molar-refractivity contribution in [3.63, 3.8) is 0 Å². The van der Waals surface area contributed by atoms with Gasteiger partial charge in [0.1, 0.15) is 0 Å². The lowest BCUT2D eigenvalue weighted by molar-refractivity contribution is 0.379. The zero-order valence-corrected chi connectivity index (χ0v) is 11.0. The van der Waals surface area contributed by atoms with Crippen LogP contribution in [0.15, 0.2) is 0 Å². The van der Waals surface area contributed by atoms with Gasteiger partial charge in [0.25, 0.3) is 0 Å². The van der Waals surface area contributed by atoms with Gasteiger partial charge >= 0.3 is 6.01 Å². The predicted octanol–water partition coefficient (Wildman–Crippen LogP) is -0.479. The van der Waals surface area contributed by atoms with Gasteiger partial charge in [-0.3, -0.25) is 0 Å². The Morgan fingerprint density at radius 1 is 1.28 bits per heavy atom. The SMILES string of the molecule is CNc1nc(NC2CCS(=O)(=O)C2)nc(OC)n1. The van der Waals surface area contributed by atoms with E-state index in [0.717, 1.165) is 0 Å². The molecule has 0 aromatic carbocycles. The summed E-state index contributed by atoms with van der Waals surface area (Å²) in [5, 5.41) is 5.77. The number of rotatable bonds is 4. The molecule has 2 N–H and O–H groups in total. The number of hydrogen-bond donors (Lipinski definition) is 2. The molecule has 0 amide bonds. The number of aromatic nitrogens is 3. The summed E-state index contributed by atoms with van der Waals surface area (Å²) in [7, 11) is 0.209. The summed E-state index contributed by atoms with van der Waals surface area (Å²) >= 11 is 0. The van der Waals surface area contributed by atoms with Crippen molar-refractivity contribution in [3.05, 3.63) is 0 Å². The van der Waals surface area contributed by atoms with Crippen LogP contribution >= 0.6 is 0 Å². The summed E-state index contributed by atoms with van der Waals surface area (Å²) in [6.07, 6.45) is 0.561. The molecule has 2 heterocycles. The zero-order valence-electron chi connectivity index (χ0n) is 10.2.